The molecule has 0 saturated carbocycles. The molecule has 1 heterocycles. The second-order valence-corrected chi connectivity index (χ2v) is 5.24. The highest BCUT2D eigenvalue weighted by molar-refractivity contribution is 5.44. The fraction of sp³-hybridized carbons (Fsp3) is 0.353. The van der Waals surface area contributed by atoms with E-state index in [0.717, 1.165) is 31.6 Å². The molecule has 0 amide bonds. The zero-order chi connectivity index (χ0) is 15.1. The van der Waals surface area contributed by atoms with E-state index in [1.54, 1.807) is 0 Å². The lowest BCUT2D eigenvalue weighted by atomic mass is 10.2. The SMILES string of the molecule is CN(CCCNCc1cc(C#N)n(C)c1)c1ccccc1. The molecule has 0 radical (unpaired) electrons. The number of hydrogen-bond donors (Lipinski definition) is 1. The summed E-state index contributed by atoms with van der Waals surface area (Å²) in [5.41, 5.74) is 3.11. The fourth-order valence-corrected chi connectivity index (χ4v) is 2.33. The van der Waals surface area contributed by atoms with Gasteiger partial charge < -0.3 is 14.8 Å². The van der Waals surface area contributed by atoms with Gasteiger partial charge in [0.1, 0.15) is 11.8 Å². The first-order valence-electron chi connectivity index (χ1n) is 7.23. The van der Waals surface area contributed by atoms with E-state index >= 15 is 0 Å². The van der Waals surface area contributed by atoms with Gasteiger partial charge >= 0.3 is 0 Å². The average molecular weight is 282 g/mol. The Hall–Kier alpha value is -2.25. The Morgan fingerprint density at radius 1 is 1.29 bits per heavy atom. The summed E-state index contributed by atoms with van der Waals surface area (Å²) in [6.45, 7) is 2.80. The van der Waals surface area contributed by atoms with Crippen LogP contribution >= 0.6 is 0 Å². The Morgan fingerprint density at radius 2 is 2.05 bits per heavy atom. The van der Waals surface area contributed by atoms with Gasteiger partial charge in [-0.1, -0.05) is 18.2 Å². The lowest BCUT2D eigenvalue weighted by Crippen LogP contribution is -2.23. The Balaban J connectivity index is 1.67. The summed E-state index contributed by atoms with van der Waals surface area (Å²) in [6.07, 6.45) is 3.09. The number of hydrogen-bond acceptors (Lipinski definition) is 3. The number of rotatable bonds is 7. The van der Waals surface area contributed by atoms with Crippen molar-refractivity contribution in [3.8, 4) is 6.07 Å². The summed E-state index contributed by atoms with van der Waals surface area (Å²) in [5, 5.41) is 12.3. The van der Waals surface area contributed by atoms with Crippen LogP contribution in [0.5, 0.6) is 0 Å². The molecule has 1 aromatic heterocycles. The molecular weight excluding hydrogens is 260 g/mol. The predicted molar refractivity (Wildman–Crippen MR) is 86.2 cm³/mol. The smallest absolute Gasteiger partial charge is 0.120 e. The van der Waals surface area contributed by atoms with Crippen molar-refractivity contribution in [1.29, 1.82) is 5.26 Å². The molecular formula is C17H22N4. The van der Waals surface area contributed by atoms with Gasteiger partial charge in [-0.3, -0.25) is 0 Å². The van der Waals surface area contributed by atoms with Crippen LogP contribution in [0.25, 0.3) is 0 Å². The second kappa shape index (κ2) is 7.51. The zero-order valence-electron chi connectivity index (χ0n) is 12.7. The minimum atomic E-state index is 0.704. The van der Waals surface area contributed by atoms with Gasteiger partial charge in [0.15, 0.2) is 0 Å². The molecule has 0 aliphatic rings. The number of para-hydroxylation sites is 1. The molecule has 110 valence electrons. The van der Waals surface area contributed by atoms with Crippen LogP contribution in [-0.4, -0.2) is 24.7 Å². The monoisotopic (exact) mass is 282 g/mol. The van der Waals surface area contributed by atoms with E-state index in [1.807, 2.05) is 29.9 Å². The summed E-state index contributed by atoms with van der Waals surface area (Å²) in [6, 6.07) is 14.5. The Morgan fingerprint density at radius 3 is 2.71 bits per heavy atom. The van der Waals surface area contributed by atoms with Gasteiger partial charge in [-0.25, -0.2) is 0 Å². The van der Waals surface area contributed by atoms with Gasteiger partial charge in [-0.05, 0) is 36.7 Å². The number of benzene rings is 1. The quantitative estimate of drug-likeness (QED) is 0.794. The molecule has 0 bridgehead atoms. The van der Waals surface area contributed by atoms with Crippen LogP contribution in [0.3, 0.4) is 0 Å². The van der Waals surface area contributed by atoms with E-state index in [0.29, 0.717) is 5.69 Å². The molecule has 0 atom stereocenters. The third-order valence-electron chi connectivity index (χ3n) is 3.55. The first-order valence-corrected chi connectivity index (χ1v) is 7.23. The van der Waals surface area contributed by atoms with Crippen LogP contribution in [0.1, 0.15) is 17.7 Å². The van der Waals surface area contributed by atoms with Crippen LogP contribution in [0.15, 0.2) is 42.6 Å². The molecule has 2 rings (SSSR count). The lowest BCUT2D eigenvalue weighted by Gasteiger charge is -2.19. The first kappa shape index (κ1) is 15.1. The Bertz CT molecular complexity index is 595. The van der Waals surface area contributed by atoms with E-state index in [-0.39, 0.29) is 0 Å². The molecule has 4 nitrogen and oxygen atoms in total. The average Bonchev–Trinajstić information content (AvgIpc) is 2.87. The maximum Gasteiger partial charge on any atom is 0.120 e. The van der Waals surface area contributed by atoms with Gasteiger partial charge in [0.2, 0.25) is 0 Å². The molecule has 21 heavy (non-hydrogen) atoms. The first-order chi connectivity index (χ1) is 10.2. The van der Waals surface area contributed by atoms with Gasteiger partial charge in [0.25, 0.3) is 0 Å². The van der Waals surface area contributed by atoms with E-state index in [4.69, 9.17) is 5.26 Å². The molecule has 1 aromatic carbocycles. The number of nitrogens with one attached hydrogen (secondary N) is 1. The predicted octanol–water partition coefficient (Wildman–Crippen LogP) is 2.51. The van der Waals surface area contributed by atoms with Crippen molar-refractivity contribution in [1.82, 2.24) is 9.88 Å². The van der Waals surface area contributed by atoms with Crippen molar-refractivity contribution in [3.05, 3.63) is 53.9 Å². The summed E-state index contributed by atoms with van der Waals surface area (Å²) in [4.78, 5) is 2.26. The van der Waals surface area contributed by atoms with Crippen LogP contribution in [0, 0.1) is 11.3 Å². The van der Waals surface area contributed by atoms with Crippen molar-refractivity contribution >= 4 is 5.69 Å². The van der Waals surface area contributed by atoms with Crippen molar-refractivity contribution in [2.45, 2.75) is 13.0 Å². The van der Waals surface area contributed by atoms with E-state index in [1.165, 1.54) is 5.69 Å². The Labute approximate surface area is 126 Å². The zero-order valence-corrected chi connectivity index (χ0v) is 12.7. The molecule has 0 saturated heterocycles. The van der Waals surface area contributed by atoms with Crippen molar-refractivity contribution in [3.63, 3.8) is 0 Å². The van der Waals surface area contributed by atoms with Crippen molar-refractivity contribution < 1.29 is 0 Å². The second-order valence-electron chi connectivity index (χ2n) is 5.24. The van der Waals surface area contributed by atoms with Crippen LogP contribution < -0.4 is 10.2 Å². The summed E-state index contributed by atoms with van der Waals surface area (Å²) >= 11 is 0. The third-order valence-corrected chi connectivity index (χ3v) is 3.55. The molecule has 0 fully saturated rings. The number of nitrogens with zero attached hydrogens (tertiary/aromatic N) is 3. The van der Waals surface area contributed by atoms with Crippen molar-refractivity contribution in [2.75, 3.05) is 25.0 Å². The normalized spacial score (nSPS) is 10.3. The van der Waals surface area contributed by atoms with Crippen LogP contribution in [0.2, 0.25) is 0 Å². The van der Waals surface area contributed by atoms with Gasteiger partial charge in [0.05, 0.1) is 0 Å². The van der Waals surface area contributed by atoms with Crippen molar-refractivity contribution in [2.24, 2.45) is 7.05 Å². The number of nitriles is 1. The van der Waals surface area contributed by atoms with E-state index in [2.05, 4.69) is 47.6 Å². The van der Waals surface area contributed by atoms with Crippen LogP contribution in [-0.2, 0) is 13.6 Å². The maximum absolute atomic E-state index is 8.91. The third kappa shape index (κ3) is 4.37. The topological polar surface area (TPSA) is 44.0 Å². The molecule has 0 spiro atoms. The minimum absolute atomic E-state index is 0.704. The molecule has 4 heteroatoms. The van der Waals surface area contributed by atoms with Gasteiger partial charge in [0, 0.05) is 39.1 Å². The number of aryl methyl sites for hydroxylation is 1. The van der Waals surface area contributed by atoms with Gasteiger partial charge in [-0.15, -0.1) is 0 Å². The molecule has 1 N–H and O–H groups in total. The maximum atomic E-state index is 8.91. The number of aromatic nitrogens is 1. The number of anilines is 1. The standard InChI is InChI=1S/C17H22N4/c1-20(16-7-4-3-5-8-16)10-6-9-19-13-15-11-17(12-18)21(2)14-15/h3-5,7-8,11,14,19H,6,9-10,13H2,1-2H3. The van der Waals surface area contributed by atoms with Crippen LogP contribution in [0.4, 0.5) is 5.69 Å². The largest absolute Gasteiger partial charge is 0.375 e. The fourth-order valence-electron chi connectivity index (χ4n) is 2.33. The van der Waals surface area contributed by atoms with Gasteiger partial charge in [-0.2, -0.15) is 5.26 Å². The summed E-state index contributed by atoms with van der Waals surface area (Å²) in [7, 11) is 4.02. The van der Waals surface area contributed by atoms with E-state index < -0.39 is 0 Å². The molecule has 0 aliphatic heterocycles. The minimum Gasteiger partial charge on any atom is -0.375 e. The summed E-state index contributed by atoms with van der Waals surface area (Å²) < 4.78 is 1.86. The molecule has 0 unspecified atom stereocenters. The highest BCUT2D eigenvalue weighted by Gasteiger charge is 2.02. The van der Waals surface area contributed by atoms with E-state index in [9.17, 15) is 0 Å². The highest BCUT2D eigenvalue weighted by Crippen LogP contribution is 2.10. The Kier molecular flexibility index (Phi) is 5.42. The summed E-state index contributed by atoms with van der Waals surface area (Å²) in [5.74, 6) is 0. The molecule has 0 aliphatic carbocycles. The highest BCUT2D eigenvalue weighted by atomic mass is 15.1. The molecule has 2 aromatic rings. The lowest BCUT2D eigenvalue weighted by molar-refractivity contribution is 0.645.